The molecule has 1 N–H and O–H groups in total. The molecule has 0 aliphatic rings. The van der Waals surface area contributed by atoms with E-state index in [0.29, 0.717) is 18.1 Å². The van der Waals surface area contributed by atoms with E-state index in [9.17, 15) is 10.1 Å². The maximum Gasteiger partial charge on any atom is 0.278 e. The molecule has 1 aromatic heterocycles. The van der Waals surface area contributed by atoms with Crippen molar-refractivity contribution < 1.29 is 9.66 Å². The summed E-state index contributed by atoms with van der Waals surface area (Å²) in [5.41, 5.74) is 1.05. The number of nitrogens with one attached hydrogen (secondary N) is 1. The summed E-state index contributed by atoms with van der Waals surface area (Å²) in [5.74, 6) is 1.20. The van der Waals surface area contributed by atoms with Crippen LogP contribution in [0.15, 0.2) is 36.4 Å². The highest BCUT2D eigenvalue weighted by molar-refractivity contribution is 5.49. The molecule has 0 saturated heterocycles. The van der Waals surface area contributed by atoms with Gasteiger partial charge in [-0.15, -0.1) is 0 Å². The topological polar surface area (TPSA) is 77.3 Å². The van der Waals surface area contributed by atoms with Gasteiger partial charge in [0, 0.05) is 6.54 Å². The van der Waals surface area contributed by atoms with Gasteiger partial charge in [0.25, 0.3) is 5.69 Å². The van der Waals surface area contributed by atoms with E-state index in [1.165, 1.54) is 12.1 Å². The monoisotopic (exact) mass is 273 g/mol. The molecule has 0 saturated carbocycles. The van der Waals surface area contributed by atoms with E-state index in [1.807, 2.05) is 26.0 Å². The highest BCUT2D eigenvalue weighted by Crippen LogP contribution is 2.26. The summed E-state index contributed by atoms with van der Waals surface area (Å²) < 4.78 is 5.56. The van der Waals surface area contributed by atoms with Crippen LogP contribution in [-0.4, -0.2) is 16.5 Å². The van der Waals surface area contributed by atoms with Gasteiger partial charge in [0.05, 0.1) is 17.1 Å². The predicted octanol–water partition coefficient (Wildman–Crippen LogP) is 3.52. The normalized spacial score (nSPS) is 10.1. The largest absolute Gasteiger partial charge is 0.439 e. The van der Waals surface area contributed by atoms with E-state index in [1.54, 1.807) is 12.1 Å². The van der Waals surface area contributed by atoms with Crippen LogP contribution in [0.3, 0.4) is 0 Å². The molecule has 2 aromatic rings. The second-order valence-electron chi connectivity index (χ2n) is 4.25. The highest BCUT2D eigenvalue weighted by atomic mass is 16.6. The van der Waals surface area contributed by atoms with E-state index in [2.05, 4.69) is 10.3 Å². The molecular formula is C14H15N3O3. The first-order valence-electron chi connectivity index (χ1n) is 6.23. The maximum atomic E-state index is 10.9. The molecule has 6 nitrogen and oxygen atoms in total. The van der Waals surface area contributed by atoms with Gasteiger partial charge in [-0.3, -0.25) is 10.1 Å². The van der Waals surface area contributed by atoms with Crippen LogP contribution in [-0.2, 0) is 0 Å². The Balaban J connectivity index is 2.29. The highest BCUT2D eigenvalue weighted by Gasteiger charge is 2.12. The van der Waals surface area contributed by atoms with E-state index < -0.39 is 4.92 Å². The van der Waals surface area contributed by atoms with E-state index in [-0.39, 0.29) is 11.6 Å². The number of nitrogens with zero attached hydrogens (tertiary/aromatic N) is 2. The van der Waals surface area contributed by atoms with Crippen LogP contribution in [0.4, 0.5) is 11.5 Å². The average molecular weight is 273 g/mol. The van der Waals surface area contributed by atoms with Gasteiger partial charge in [-0.2, -0.15) is 4.98 Å². The number of anilines is 1. The zero-order valence-corrected chi connectivity index (χ0v) is 11.3. The van der Waals surface area contributed by atoms with Crippen molar-refractivity contribution in [2.24, 2.45) is 0 Å². The molecule has 0 aliphatic heterocycles. The van der Waals surface area contributed by atoms with Crippen molar-refractivity contribution in [2.45, 2.75) is 13.8 Å². The van der Waals surface area contributed by atoms with E-state index >= 15 is 0 Å². The Bertz CT molecular complexity index is 612. The van der Waals surface area contributed by atoms with Crippen molar-refractivity contribution >= 4 is 11.5 Å². The Labute approximate surface area is 116 Å². The molecule has 1 heterocycles. The van der Waals surface area contributed by atoms with Crippen LogP contribution in [0.1, 0.15) is 12.5 Å². The SMILES string of the molecule is CCNc1cc([N+](=O)[O-])cc(Oc2ccc(C)cc2)n1. The molecule has 0 aliphatic carbocycles. The molecule has 1 aromatic carbocycles. The number of benzene rings is 1. The van der Waals surface area contributed by atoms with Gasteiger partial charge in [-0.1, -0.05) is 17.7 Å². The zero-order valence-electron chi connectivity index (χ0n) is 11.3. The van der Waals surface area contributed by atoms with Gasteiger partial charge >= 0.3 is 0 Å². The van der Waals surface area contributed by atoms with Crippen LogP contribution in [0.25, 0.3) is 0 Å². The number of hydrogen-bond acceptors (Lipinski definition) is 5. The van der Waals surface area contributed by atoms with Gasteiger partial charge in [-0.05, 0) is 26.0 Å². The van der Waals surface area contributed by atoms with Gasteiger partial charge in [0.15, 0.2) is 0 Å². The zero-order chi connectivity index (χ0) is 14.5. The Morgan fingerprint density at radius 3 is 2.60 bits per heavy atom. The molecule has 0 unspecified atom stereocenters. The second kappa shape index (κ2) is 6.01. The molecular weight excluding hydrogens is 258 g/mol. The summed E-state index contributed by atoms with van der Waals surface area (Å²) >= 11 is 0. The third-order valence-electron chi connectivity index (χ3n) is 2.60. The number of hydrogen-bond donors (Lipinski definition) is 1. The number of nitro groups is 1. The molecule has 0 fully saturated rings. The lowest BCUT2D eigenvalue weighted by atomic mass is 10.2. The first-order valence-corrected chi connectivity index (χ1v) is 6.23. The molecule has 2 rings (SSSR count). The fraction of sp³-hybridized carbons (Fsp3) is 0.214. The minimum Gasteiger partial charge on any atom is -0.439 e. The molecule has 20 heavy (non-hydrogen) atoms. The summed E-state index contributed by atoms with van der Waals surface area (Å²) in [6.07, 6.45) is 0. The molecule has 0 amide bonds. The fourth-order valence-electron chi connectivity index (χ4n) is 1.65. The summed E-state index contributed by atoms with van der Waals surface area (Å²) in [6, 6.07) is 10.1. The van der Waals surface area contributed by atoms with Crippen molar-refractivity contribution in [1.82, 2.24) is 4.98 Å². The Morgan fingerprint density at radius 2 is 2.00 bits per heavy atom. The first-order chi connectivity index (χ1) is 9.58. The van der Waals surface area contributed by atoms with Gasteiger partial charge in [0.1, 0.15) is 11.6 Å². The lowest BCUT2D eigenvalue weighted by Gasteiger charge is -2.08. The quantitative estimate of drug-likeness (QED) is 0.666. The summed E-state index contributed by atoms with van der Waals surface area (Å²) in [6.45, 7) is 4.48. The summed E-state index contributed by atoms with van der Waals surface area (Å²) in [5, 5.41) is 13.8. The van der Waals surface area contributed by atoms with Gasteiger partial charge < -0.3 is 10.1 Å². The number of pyridine rings is 1. The van der Waals surface area contributed by atoms with E-state index in [4.69, 9.17) is 4.74 Å². The second-order valence-corrected chi connectivity index (χ2v) is 4.25. The number of ether oxygens (including phenoxy) is 1. The predicted molar refractivity (Wildman–Crippen MR) is 76.3 cm³/mol. The standard InChI is InChI=1S/C14H15N3O3/c1-3-15-13-8-11(17(18)19)9-14(16-13)20-12-6-4-10(2)5-7-12/h4-9H,3H2,1-2H3,(H,15,16). The van der Waals surface area contributed by atoms with Crippen LogP contribution < -0.4 is 10.1 Å². The molecule has 0 radical (unpaired) electrons. The third kappa shape index (κ3) is 3.44. The van der Waals surface area contributed by atoms with Gasteiger partial charge in [0.2, 0.25) is 5.88 Å². The lowest BCUT2D eigenvalue weighted by Crippen LogP contribution is -2.01. The number of aromatic nitrogens is 1. The Morgan fingerprint density at radius 1 is 1.30 bits per heavy atom. The van der Waals surface area contributed by atoms with Crippen molar-refractivity contribution in [3.8, 4) is 11.6 Å². The van der Waals surface area contributed by atoms with Crippen molar-refractivity contribution in [1.29, 1.82) is 0 Å². The minimum atomic E-state index is -0.468. The number of aryl methyl sites for hydroxylation is 1. The van der Waals surface area contributed by atoms with Crippen molar-refractivity contribution in [3.05, 3.63) is 52.1 Å². The Kier molecular flexibility index (Phi) is 4.14. The van der Waals surface area contributed by atoms with Crippen molar-refractivity contribution in [2.75, 3.05) is 11.9 Å². The molecule has 0 bridgehead atoms. The first kappa shape index (κ1) is 13.8. The molecule has 0 spiro atoms. The molecule has 0 atom stereocenters. The fourth-order valence-corrected chi connectivity index (χ4v) is 1.65. The smallest absolute Gasteiger partial charge is 0.278 e. The van der Waals surface area contributed by atoms with Crippen LogP contribution in [0, 0.1) is 17.0 Å². The lowest BCUT2D eigenvalue weighted by molar-refractivity contribution is -0.384. The van der Waals surface area contributed by atoms with Gasteiger partial charge in [-0.25, -0.2) is 0 Å². The van der Waals surface area contributed by atoms with Crippen LogP contribution in [0.5, 0.6) is 11.6 Å². The Hall–Kier alpha value is -2.63. The van der Waals surface area contributed by atoms with Crippen LogP contribution in [0.2, 0.25) is 0 Å². The summed E-state index contributed by atoms with van der Waals surface area (Å²) in [4.78, 5) is 14.6. The number of rotatable bonds is 5. The average Bonchev–Trinajstić information content (AvgIpc) is 2.41. The maximum absolute atomic E-state index is 10.9. The van der Waals surface area contributed by atoms with Crippen molar-refractivity contribution in [3.63, 3.8) is 0 Å². The molecule has 6 heteroatoms. The minimum absolute atomic E-state index is 0.0574. The third-order valence-corrected chi connectivity index (χ3v) is 2.60. The molecule has 104 valence electrons. The summed E-state index contributed by atoms with van der Waals surface area (Å²) in [7, 11) is 0. The van der Waals surface area contributed by atoms with E-state index in [0.717, 1.165) is 5.56 Å². The van der Waals surface area contributed by atoms with Crippen LogP contribution >= 0.6 is 0 Å².